The molecule has 0 aliphatic carbocycles. The van der Waals surface area contributed by atoms with Crippen LogP contribution >= 0.6 is 12.2 Å². The third-order valence-corrected chi connectivity index (χ3v) is 6.26. The minimum Gasteiger partial charge on any atom is -0.488 e. The van der Waals surface area contributed by atoms with Crippen LogP contribution in [0, 0.1) is 11.3 Å². The fourth-order valence-corrected chi connectivity index (χ4v) is 4.68. The fraction of sp³-hybridized carbons (Fsp3) is 0.348. The van der Waals surface area contributed by atoms with E-state index in [1.165, 1.54) is 12.1 Å². The molecule has 1 fully saturated rings. The van der Waals surface area contributed by atoms with E-state index in [2.05, 4.69) is 0 Å². The molecule has 0 unspecified atom stereocenters. The number of hydrogen-bond donors (Lipinski definition) is 1. The van der Waals surface area contributed by atoms with Crippen LogP contribution in [0.3, 0.4) is 0 Å². The lowest BCUT2D eigenvalue weighted by Crippen LogP contribution is -2.44. The Morgan fingerprint density at radius 2 is 1.94 bits per heavy atom. The number of anilines is 2. The van der Waals surface area contributed by atoms with E-state index < -0.39 is 28.7 Å². The summed E-state index contributed by atoms with van der Waals surface area (Å²) < 4.78 is 46.2. The van der Waals surface area contributed by atoms with Crippen molar-refractivity contribution in [3.8, 4) is 11.8 Å². The van der Waals surface area contributed by atoms with Gasteiger partial charge in [-0.25, -0.2) is 0 Å². The molecule has 0 aromatic heterocycles. The van der Waals surface area contributed by atoms with Crippen molar-refractivity contribution < 1.29 is 27.8 Å². The van der Waals surface area contributed by atoms with E-state index >= 15 is 0 Å². The third kappa shape index (κ3) is 3.81. The molecule has 2 aliphatic heterocycles. The Labute approximate surface area is 193 Å². The van der Waals surface area contributed by atoms with Crippen LogP contribution in [0.4, 0.5) is 24.5 Å². The molecular weight excluding hydrogens is 455 g/mol. The second-order valence-electron chi connectivity index (χ2n) is 8.41. The Hall–Kier alpha value is -3.16. The average Bonchev–Trinajstić information content (AvgIpc) is 2.95. The average molecular weight is 475 g/mol. The van der Waals surface area contributed by atoms with Gasteiger partial charge in [0, 0.05) is 5.69 Å². The number of carbonyl (C=O) groups is 1. The van der Waals surface area contributed by atoms with Gasteiger partial charge < -0.3 is 14.7 Å². The molecule has 1 N–H and O–H groups in total. The van der Waals surface area contributed by atoms with Crippen LogP contribution in [0.1, 0.15) is 37.0 Å². The normalized spacial score (nSPS) is 19.8. The summed E-state index contributed by atoms with van der Waals surface area (Å²) >= 11 is 5.56. The first-order valence-corrected chi connectivity index (χ1v) is 10.6. The van der Waals surface area contributed by atoms with Gasteiger partial charge in [-0.3, -0.25) is 9.69 Å². The van der Waals surface area contributed by atoms with E-state index in [9.17, 15) is 23.1 Å². The number of aliphatic hydroxyl groups is 1. The van der Waals surface area contributed by atoms with Crippen molar-refractivity contribution in [2.75, 3.05) is 16.4 Å². The summed E-state index contributed by atoms with van der Waals surface area (Å²) in [4.78, 5) is 16.0. The van der Waals surface area contributed by atoms with Crippen LogP contribution in [0.2, 0.25) is 0 Å². The molecule has 172 valence electrons. The molecule has 0 radical (unpaired) electrons. The van der Waals surface area contributed by atoms with Crippen LogP contribution in [0.5, 0.6) is 5.75 Å². The monoisotopic (exact) mass is 475 g/mol. The first kappa shape index (κ1) is 23.0. The third-order valence-electron chi connectivity index (χ3n) is 5.89. The summed E-state index contributed by atoms with van der Waals surface area (Å²) in [6, 6.07) is 9.94. The molecule has 0 saturated carbocycles. The number of nitriles is 1. The first-order chi connectivity index (χ1) is 15.5. The molecule has 4 rings (SSSR count). The van der Waals surface area contributed by atoms with Gasteiger partial charge in [0.25, 0.3) is 5.91 Å². The zero-order chi connectivity index (χ0) is 24.1. The number of alkyl halides is 3. The quantitative estimate of drug-likeness (QED) is 0.672. The second kappa shape index (κ2) is 8.01. The van der Waals surface area contributed by atoms with Gasteiger partial charge in [0.1, 0.15) is 17.4 Å². The fourth-order valence-electron chi connectivity index (χ4n) is 4.16. The van der Waals surface area contributed by atoms with Gasteiger partial charge in [0.05, 0.1) is 29.5 Å². The number of carbonyl (C=O) groups excluding carboxylic acids is 1. The molecule has 6 nitrogen and oxygen atoms in total. The van der Waals surface area contributed by atoms with E-state index in [0.717, 1.165) is 22.6 Å². The van der Waals surface area contributed by atoms with Gasteiger partial charge in [0.15, 0.2) is 5.11 Å². The van der Waals surface area contributed by atoms with Crippen LogP contribution in [0.15, 0.2) is 36.4 Å². The Balaban J connectivity index is 1.74. The van der Waals surface area contributed by atoms with E-state index in [0.29, 0.717) is 24.3 Å². The Kier molecular flexibility index (Phi) is 5.58. The summed E-state index contributed by atoms with van der Waals surface area (Å²) in [7, 11) is 0. The Bertz CT molecular complexity index is 1190. The number of benzene rings is 2. The molecule has 1 amide bonds. The molecule has 1 saturated heterocycles. The lowest BCUT2D eigenvalue weighted by Gasteiger charge is -2.31. The van der Waals surface area contributed by atoms with Crippen molar-refractivity contribution in [1.29, 1.82) is 5.26 Å². The van der Waals surface area contributed by atoms with E-state index in [-0.39, 0.29) is 23.5 Å². The van der Waals surface area contributed by atoms with Gasteiger partial charge in [-0.1, -0.05) is 0 Å². The molecule has 2 aromatic rings. The molecule has 2 heterocycles. The van der Waals surface area contributed by atoms with Crippen LogP contribution < -0.4 is 14.5 Å². The zero-order valence-corrected chi connectivity index (χ0v) is 18.6. The minimum atomic E-state index is -4.76. The largest absolute Gasteiger partial charge is 0.488 e. The Morgan fingerprint density at radius 1 is 1.24 bits per heavy atom. The van der Waals surface area contributed by atoms with Gasteiger partial charge >= 0.3 is 6.18 Å². The highest BCUT2D eigenvalue weighted by molar-refractivity contribution is 7.81. The van der Waals surface area contributed by atoms with Crippen LogP contribution in [-0.2, 0) is 17.4 Å². The maximum atomic E-state index is 13.5. The highest BCUT2D eigenvalue weighted by atomic mass is 32.1. The number of ether oxygens (including phenoxy) is 1. The minimum absolute atomic E-state index is 0.0349. The molecule has 2 aromatic carbocycles. The lowest BCUT2D eigenvalue weighted by molar-refractivity contribution is -0.137. The topological polar surface area (TPSA) is 76.8 Å². The SMILES string of the molecule is CC1(C)C(=O)N(c2ccc(C#N)c(C(F)(F)F)c2)C(=S)N1c1ccc2c(c1)CC[C@@H](CO)O2. The number of rotatable bonds is 3. The molecule has 2 aliphatic rings. The standard InChI is InChI=1S/C23H20F3N3O3S/c1-22(2)20(31)28(15-5-3-14(11-27)18(10-15)23(24,25)26)21(33)29(22)16-6-8-19-13(9-16)4-7-17(12-30)32-19/h3,5-6,8-10,17,30H,4,7,12H2,1-2H3/t17-/m0/s1. The highest BCUT2D eigenvalue weighted by Gasteiger charge is 2.51. The summed E-state index contributed by atoms with van der Waals surface area (Å²) in [5, 5.41) is 18.4. The predicted molar refractivity (Wildman–Crippen MR) is 119 cm³/mol. The predicted octanol–water partition coefficient (Wildman–Crippen LogP) is 4.18. The van der Waals surface area contributed by atoms with Gasteiger partial charge in [0.2, 0.25) is 0 Å². The summed E-state index contributed by atoms with van der Waals surface area (Å²) in [5.74, 6) is 0.150. The van der Waals surface area contributed by atoms with Crippen molar-refractivity contribution in [2.24, 2.45) is 0 Å². The molecule has 0 spiro atoms. The number of hydrogen-bond acceptors (Lipinski definition) is 5. The number of amides is 1. The molecule has 33 heavy (non-hydrogen) atoms. The molecule has 1 atom stereocenters. The van der Waals surface area contributed by atoms with E-state index in [1.807, 2.05) is 6.07 Å². The summed E-state index contributed by atoms with van der Waals surface area (Å²) in [6.07, 6.45) is -3.73. The number of nitrogens with zero attached hydrogens (tertiary/aromatic N) is 3. The Morgan fingerprint density at radius 3 is 2.58 bits per heavy atom. The van der Waals surface area contributed by atoms with Crippen molar-refractivity contribution in [3.05, 3.63) is 53.1 Å². The summed E-state index contributed by atoms with van der Waals surface area (Å²) in [6.45, 7) is 3.21. The number of halogens is 3. The van der Waals surface area contributed by atoms with Crippen LogP contribution in [0.25, 0.3) is 0 Å². The zero-order valence-electron chi connectivity index (χ0n) is 17.8. The number of thiocarbonyl (C=S) groups is 1. The molecule has 10 heteroatoms. The van der Waals surface area contributed by atoms with Crippen molar-refractivity contribution in [2.45, 2.75) is 44.5 Å². The number of fused-ring (bicyclic) bond motifs is 1. The summed E-state index contributed by atoms with van der Waals surface area (Å²) in [5.41, 5.74) is -1.39. The van der Waals surface area contributed by atoms with Crippen molar-refractivity contribution in [3.63, 3.8) is 0 Å². The van der Waals surface area contributed by atoms with Gasteiger partial charge in [-0.15, -0.1) is 0 Å². The van der Waals surface area contributed by atoms with E-state index in [4.69, 9.17) is 22.2 Å². The first-order valence-electron chi connectivity index (χ1n) is 10.2. The van der Waals surface area contributed by atoms with Crippen LogP contribution in [-0.4, -0.2) is 34.4 Å². The number of aliphatic hydroxyl groups excluding tert-OH is 1. The van der Waals surface area contributed by atoms with E-state index in [1.54, 1.807) is 30.9 Å². The highest BCUT2D eigenvalue weighted by Crippen LogP contribution is 2.41. The second-order valence-corrected chi connectivity index (χ2v) is 8.78. The lowest BCUT2D eigenvalue weighted by atomic mass is 9.99. The van der Waals surface area contributed by atoms with Gasteiger partial charge in [-0.2, -0.15) is 18.4 Å². The van der Waals surface area contributed by atoms with Gasteiger partial charge in [-0.05, 0) is 80.9 Å². The van der Waals surface area contributed by atoms with Crippen molar-refractivity contribution >= 4 is 34.6 Å². The van der Waals surface area contributed by atoms with Crippen molar-refractivity contribution in [1.82, 2.24) is 0 Å². The molecular formula is C23H20F3N3O3S. The smallest absolute Gasteiger partial charge is 0.417 e. The maximum absolute atomic E-state index is 13.5. The maximum Gasteiger partial charge on any atom is 0.417 e. The number of aryl methyl sites for hydroxylation is 1. The molecule has 0 bridgehead atoms.